The predicted octanol–water partition coefficient (Wildman–Crippen LogP) is 4.89. The summed E-state index contributed by atoms with van der Waals surface area (Å²) in [4.78, 5) is 19.0. The second kappa shape index (κ2) is 8.55. The van der Waals surface area contributed by atoms with E-state index >= 15 is 0 Å². The lowest BCUT2D eigenvalue weighted by Gasteiger charge is -2.23. The molecule has 1 aliphatic rings. The van der Waals surface area contributed by atoms with Crippen molar-refractivity contribution >= 4 is 32.6 Å². The number of carbonyl (C=O) groups excluding carboxylic acids is 1. The minimum absolute atomic E-state index is 0.0741. The van der Waals surface area contributed by atoms with E-state index < -0.39 is 11.6 Å². The molecule has 0 bridgehead atoms. The summed E-state index contributed by atoms with van der Waals surface area (Å²) in [5.41, 5.74) is 2.20. The summed E-state index contributed by atoms with van der Waals surface area (Å²) >= 11 is 1.12. The number of anilines is 1. The number of aryl methyl sites for hydroxylation is 1. The molecule has 4 rings (SSSR count). The first kappa shape index (κ1) is 19.9. The summed E-state index contributed by atoms with van der Waals surface area (Å²) < 4.78 is 33.8. The quantitative estimate of drug-likeness (QED) is 0.575. The van der Waals surface area contributed by atoms with Crippen LogP contribution in [0.5, 0.6) is 0 Å². The third-order valence-electron chi connectivity index (χ3n) is 5.13. The zero-order chi connectivity index (χ0) is 20.4. The third-order valence-corrected chi connectivity index (χ3v) is 6.16. The van der Waals surface area contributed by atoms with E-state index in [1.807, 2.05) is 24.3 Å². The molecule has 1 unspecified atom stereocenters. The van der Waals surface area contributed by atoms with Gasteiger partial charge in [-0.2, -0.15) is 0 Å². The van der Waals surface area contributed by atoms with E-state index in [2.05, 4.69) is 11.9 Å². The average molecular weight is 416 g/mol. The van der Waals surface area contributed by atoms with E-state index in [4.69, 9.17) is 4.74 Å². The molecule has 4 nitrogen and oxygen atoms in total. The highest BCUT2D eigenvalue weighted by molar-refractivity contribution is 7.22. The summed E-state index contributed by atoms with van der Waals surface area (Å²) in [6.07, 6.45) is 2.89. The number of carbonyl (C=O) groups is 1. The number of benzene rings is 2. The van der Waals surface area contributed by atoms with Crippen molar-refractivity contribution in [3.05, 3.63) is 59.2 Å². The number of ether oxygens (including phenoxy) is 1. The number of thiazole rings is 1. The van der Waals surface area contributed by atoms with Gasteiger partial charge in [-0.3, -0.25) is 9.69 Å². The first-order valence-corrected chi connectivity index (χ1v) is 10.6. The highest BCUT2D eigenvalue weighted by Crippen LogP contribution is 2.32. The van der Waals surface area contributed by atoms with E-state index in [-0.39, 0.29) is 23.9 Å². The first-order chi connectivity index (χ1) is 14.0. The van der Waals surface area contributed by atoms with Gasteiger partial charge in [0.2, 0.25) is 5.91 Å². The molecule has 0 radical (unpaired) electrons. The van der Waals surface area contributed by atoms with Crippen LogP contribution in [0.15, 0.2) is 36.4 Å². The molecule has 1 aromatic heterocycles. The molecule has 1 fully saturated rings. The SMILES string of the molecule is CCc1ccc(CC(=O)N(CC2CCCO2)c2nc3c(F)cc(F)cc3s2)cc1. The van der Waals surface area contributed by atoms with Crippen LogP contribution in [0.1, 0.15) is 30.9 Å². The molecular formula is C22H22F2N2O2S. The molecule has 0 saturated carbocycles. The Morgan fingerprint density at radius 2 is 2.00 bits per heavy atom. The van der Waals surface area contributed by atoms with Gasteiger partial charge in [0.25, 0.3) is 0 Å². The van der Waals surface area contributed by atoms with Crippen LogP contribution in [-0.4, -0.2) is 30.1 Å². The second-order valence-electron chi connectivity index (χ2n) is 7.22. The number of hydrogen-bond donors (Lipinski definition) is 0. The molecule has 0 aliphatic carbocycles. The lowest BCUT2D eigenvalue weighted by molar-refractivity contribution is -0.118. The van der Waals surface area contributed by atoms with Crippen LogP contribution in [0.2, 0.25) is 0 Å². The lowest BCUT2D eigenvalue weighted by Crippen LogP contribution is -2.38. The smallest absolute Gasteiger partial charge is 0.233 e. The van der Waals surface area contributed by atoms with Gasteiger partial charge in [0.15, 0.2) is 10.9 Å². The maximum Gasteiger partial charge on any atom is 0.233 e. The summed E-state index contributed by atoms with van der Waals surface area (Å²) in [7, 11) is 0. The molecule has 3 aromatic rings. The maximum atomic E-state index is 14.1. The monoisotopic (exact) mass is 416 g/mol. The Bertz CT molecular complexity index is 1010. The van der Waals surface area contributed by atoms with Gasteiger partial charge in [0.1, 0.15) is 11.3 Å². The second-order valence-corrected chi connectivity index (χ2v) is 8.23. The van der Waals surface area contributed by atoms with Gasteiger partial charge < -0.3 is 4.74 Å². The van der Waals surface area contributed by atoms with Crippen LogP contribution >= 0.6 is 11.3 Å². The van der Waals surface area contributed by atoms with Gasteiger partial charge >= 0.3 is 0 Å². The van der Waals surface area contributed by atoms with Crippen LogP contribution in [0.3, 0.4) is 0 Å². The summed E-state index contributed by atoms with van der Waals surface area (Å²) in [6, 6.07) is 10.00. The number of rotatable bonds is 6. The molecule has 2 heterocycles. The van der Waals surface area contributed by atoms with Crippen LogP contribution in [0.25, 0.3) is 10.2 Å². The minimum Gasteiger partial charge on any atom is -0.376 e. The van der Waals surface area contributed by atoms with E-state index in [0.29, 0.717) is 23.0 Å². The standard InChI is InChI=1S/C22H22F2N2O2S/c1-2-14-5-7-15(8-6-14)10-20(27)26(13-17-4-3-9-28-17)22-25-21-18(24)11-16(23)12-19(21)29-22/h5-8,11-12,17H,2-4,9-10,13H2,1H3. The van der Waals surface area contributed by atoms with Crippen LogP contribution < -0.4 is 4.90 Å². The lowest BCUT2D eigenvalue weighted by atomic mass is 10.1. The van der Waals surface area contributed by atoms with E-state index in [0.717, 1.165) is 42.2 Å². The van der Waals surface area contributed by atoms with Gasteiger partial charge in [-0.1, -0.05) is 42.5 Å². The molecule has 7 heteroatoms. The van der Waals surface area contributed by atoms with Crippen LogP contribution in [-0.2, 0) is 22.4 Å². The van der Waals surface area contributed by atoms with Crippen molar-refractivity contribution in [3.63, 3.8) is 0 Å². The van der Waals surface area contributed by atoms with Crippen molar-refractivity contribution in [2.75, 3.05) is 18.1 Å². The minimum atomic E-state index is -0.720. The number of amides is 1. The Balaban J connectivity index is 1.63. The Labute approximate surface area is 172 Å². The molecule has 0 spiro atoms. The Hall–Kier alpha value is -2.38. The summed E-state index contributed by atoms with van der Waals surface area (Å²) in [6.45, 7) is 3.11. The number of nitrogens with zero attached hydrogens (tertiary/aromatic N) is 2. The van der Waals surface area contributed by atoms with Crippen molar-refractivity contribution in [3.8, 4) is 0 Å². The number of hydrogen-bond acceptors (Lipinski definition) is 4. The Morgan fingerprint density at radius 3 is 2.69 bits per heavy atom. The van der Waals surface area contributed by atoms with Crippen molar-refractivity contribution in [2.24, 2.45) is 0 Å². The van der Waals surface area contributed by atoms with Crippen molar-refractivity contribution in [1.29, 1.82) is 0 Å². The molecule has 2 aromatic carbocycles. The van der Waals surface area contributed by atoms with E-state index in [1.54, 1.807) is 4.90 Å². The fraction of sp³-hybridized carbons (Fsp3) is 0.364. The molecule has 29 heavy (non-hydrogen) atoms. The normalized spacial score (nSPS) is 16.4. The fourth-order valence-corrected chi connectivity index (χ4v) is 4.53. The topological polar surface area (TPSA) is 42.4 Å². The highest BCUT2D eigenvalue weighted by atomic mass is 32.1. The van der Waals surface area contributed by atoms with Gasteiger partial charge in [-0.05, 0) is 36.5 Å². The number of halogens is 2. The zero-order valence-electron chi connectivity index (χ0n) is 16.2. The van der Waals surface area contributed by atoms with Crippen molar-refractivity contribution in [2.45, 2.75) is 38.7 Å². The van der Waals surface area contributed by atoms with E-state index in [9.17, 15) is 13.6 Å². The molecule has 1 atom stereocenters. The van der Waals surface area contributed by atoms with Crippen molar-refractivity contribution in [1.82, 2.24) is 4.98 Å². The number of fused-ring (bicyclic) bond motifs is 1. The van der Waals surface area contributed by atoms with Crippen LogP contribution in [0, 0.1) is 11.6 Å². The third kappa shape index (κ3) is 4.46. The van der Waals surface area contributed by atoms with Crippen molar-refractivity contribution < 1.29 is 18.3 Å². The molecule has 152 valence electrons. The number of aromatic nitrogens is 1. The first-order valence-electron chi connectivity index (χ1n) is 9.79. The van der Waals surface area contributed by atoms with Gasteiger partial charge in [0, 0.05) is 12.7 Å². The van der Waals surface area contributed by atoms with Gasteiger partial charge in [-0.15, -0.1) is 0 Å². The van der Waals surface area contributed by atoms with Crippen LogP contribution in [0.4, 0.5) is 13.9 Å². The van der Waals surface area contributed by atoms with Gasteiger partial charge in [-0.25, -0.2) is 13.8 Å². The predicted molar refractivity (Wildman–Crippen MR) is 110 cm³/mol. The molecule has 1 amide bonds. The largest absolute Gasteiger partial charge is 0.376 e. The maximum absolute atomic E-state index is 14.1. The average Bonchev–Trinajstić information content (AvgIpc) is 3.36. The Kier molecular flexibility index (Phi) is 5.87. The summed E-state index contributed by atoms with van der Waals surface area (Å²) in [5, 5.41) is 0.371. The molecule has 1 saturated heterocycles. The fourth-order valence-electron chi connectivity index (χ4n) is 3.50. The van der Waals surface area contributed by atoms with E-state index in [1.165, 1.54) is 11.6 Å². The molecule has 0 N–H and O–H groups in total. The molecule has 1 aliphatic heterocycles. The molecular weight excluding hydrogens is 394 g/mol. The Morgan fingerprint density at radius 1 is 1.24 bits per heavy atom. The van der Waals surface area contributed by atoms with Gasteiger partial charge in [0.05, 0.1) is 23.8 Å². The highest BCUT2D eigenvalue weighted by Gasteiger charge is 2.27. The zero-order valence-corrected chi connectivity index (χ0v) is 17.0. The summed E-state index contributed by atoms with van der Waals surface area (Å²) in [5.74, 6) is -1.51.